The summed E-state index contributed by atoms with van der Waals surface area (Å²) in [6.07, 6.45) is 4.35. The van der Waals surface area contributed by atoms with Crippen molar-refractivity contribution in [1.82, 2.24) is 14.9 Å². The summed E-state index contributed by atoms with van der Waals surface area (Å²) in [4.78, 5) is 27.7. The minimum atomic E-state index is -0.501. The molecule has 3 heterocycles. The Morgan fingerprint density at radius 3 is 2.62 bits per heavy atom. The van der Waals surface area contributed by atoms with E-state index in [2.05, 4.69) is 15.0 Å². The number of unbranched alkanes of at least 4 members (excludes halogenated alkanes) is 2. The van der Waals surface area contributed by atoms with Crippen LogP contribution in [0.2, 0.25) is 0 Å². The molecule has 0 saturated carbocycles. The molecule has 192 valence electrons. The molecule has 1 N–H and O–H groups in total. The third kappa shape index (κ3) is 5.94. The molecule has 1 fully saturated rings. The molecule has 2 atom stereocenters. The van der Waals surface area contributed by atoms with Crippen LogP contribution in [-0.2, 0) is 0 Å². The molecule has 37 heavy (non-hydrogen) atoms. The lowest BCUT2D eigenvalue weighted by molar-refractivity contribution is 0.0750. The summed E-state index contributed by atoms with van der Waals surface area (Å²) < 4.78 is 24.9. The summed E-state index contributed by atoms with van der Waals surface area (Å²) in [5.74, 6) is 1.37. The summed E-state index contributed by atoms with van der Waals surface area (Å²) in [6.45, 7) is 3.19. The van der Waals surface area contributed by atoms with Gasteiger partial charge in [-0.2, -0.15) is 4.98 Å². The number of carbonyl (C=O) groups excluding carboxylic acids is 1. The first-order chi connectivity index (χ1) is 18.0. The molecule has 0 aliphatic carbocycles. The molecule has 2 aliphatic heterocycles. The number of ether oxygens (including phenoxy) is 2. The number of hydrogen-bond acceptors (Lipinski definition) is 7. The van der Waals surface area contributed by atoms with E-state index in [0.717, 1.165) is 24.8 Å². The third-order valence-electron chi connectivity index (χ3n) is 6.43. The van der Waals surface area contributed by atoms with Crippen molar-refractivity contribution < 1.29 is 23.8 Å². The number of rotatable bonds is 9. The average molecular weight is 505 g/mol. The van der Waals surface area contributed by atoms with Crippen LogP contribution in [0.4, 0.5) is 10.1 Å². The van der Waals surface area contributed by atoms with Gasteiger partial charge in [-0.3, -0.25) is 9.79 Å². The monoisotopic (exact) mass is 504 g/mol. The molecule has 2 aliphatic rings. The van der Waals surface area contributed by atoms with E-state index in [0.29, 0.717) is 60.6 Å². The molecule has 5 rings (SSSR count). The summed E-state index contributed by atoms with van der Waals surface area (Å²) >= 11 is 0. The molecule has 0 spiro atoms. The van der Waals surface area contributed by atoms with Gasteiger partial charge in [0.25, 0.3) is 5.91 Å². The van der Waals surface area contributed by atoms with E-state index in [-0.39, 0.29) is 17.8 Å². The fourth-order valence-electron chi connectivity index (χ4n) is 4.56. The maximum absolute atomic E-state index is 13.2. The molecule has 8 nitrogen and oxygen atoms in total. The van der Waals surface area contributed by atoms with E-state index < -0.39 is 6.10 Å². The number of aliphatic hydroxyl groups excluding tert-OH is 1. The highest BCUT2D eigenvalue weighted by Crippen LogP contribution is 2.32. The predicted octanol–water partition coefficient (Wildman–Crippen LogP) is 4.51. The number of carbonyl (C=O) groups is 1. The number of aryl methyl sites for hydroxylation is 1. The van der Waals surface area contributed by atoms with Gasteiger partial charge in [0.05, 0.1) is 42.3 Å². The smallest absolute Gasteiger partial charge is 0.256 e. The lowest BCUT2D eigenvalue weighted by atomic mass is 10.1. The molecular formula is C28H29FN4O4. The second kappa shape index (κ2) is 11.0. The zero-order valence-electron chi connectivity index (χ0n) is 20.6. The van der Waals surface area contributed by atoms with Crippen LogP contribution in [0.15, 0.2) is 53.5 Å². The van der Waals surface area contributed by atoms with E-state index in [1.165, 1.54) is 12.1 Å². The van der Waals surface area contributed by atoms with Gasteiger partial charge in [0.15, 0.2) is 0 Å². The molecule has 1 unspecified atom stereocenters. The maximum atomic E-state index is 13.2. The number of aromatic nitrogens is 2. The fourth-order valence-corrected chi connectivity index (χ4v) is 4.56. The molecule has 1 amide bonds. The number of benzene rings is 2. The molecule has 9 heteroatoms. The van der Waals surface area contributed by atoms with Gasteiger partial charge in [0.2, 0.25) is 5.88 Å². The molecule has 1 saturated heterocycles. The standard InChI is InChI=1S/C28H29FN4O4/c1-18-31-25(19-5-7-20(29)8-6-19)15-27(32-18)37-12-4-2-3-11-36-23-9-10-24-26(14-23)30-16-21-13-22(34)17-33(21)28(24)35/h5-10,14-16,21-22,34H,2-4,11-13,17H2,1H3/t21-,22?/m0/s1. The summed E-state index contributed by atoms with van der Waals surface area (Å²) in [6, 6.07) is 13.1. The zero-order valence-corrected chi connectivity index (χ0v) is 20.6. The maximum Gasteiger partial charge on any atom is 0.256 e. The van der Waals surface area contributed by atoms with Crippen LogP contribution in [-0.4, -0.2) is 64.0 Å². The van der Waals surface area contributed by atoms with Crippen LogP contribution >= 0.6 is 0 Å². The first-order valence-corrected chi connectivity index (χ1v) is 12.5. The van der Waals surface area contributed by atoms with E-state index >= 15 is 0 Å². The van der Waals surface area contributed by atoms with Gasteiger partial charge in [-0.25, -0.2) is 9.37 Å². The van der Waals surface area contributed by atoms with Crippen molar-refractivity contribution >= 4 is 17.8 Å². The topological polar surface area (TPSA) is 97.1 Å². The molecule has 0 bridgehead atoms. The van der Waals surface area contributed by atoms with Crippen molar-refractivity contribution in [3.63, 3.8) is 0 Å². The number of fused-ring (bicyclic) bond motifs is 2. The van der Waals surface area contributed by atoms with Crippen LogP contribution in [0, 0.1) is 12.7 Å². The number of hydrogen-bond donors (Lipinski definition) is 1. The number of aliphatic imine (C=N–C) groups is 1. The fraction of sp³-hybridized carbons (Fsp3) is 0.357. The Morgan fingerprint density at radius 2 is 1.81 bits per heavy atom. The van der Waals surface area contributed by atoms with Gasteiger partial charge < -0.3 is 19.5 Å². The molecule has 0 radical (unpaired) electrons. The summed E-state index contributed by atoms with van der Waals surface area (Å²) in [5.41, 5.74) is 2.63. The Kier molecular flexibility index (Phi) is 7.41. The molecule has 2 aromatic carbocycles. The van der Waals surface area contributed by atoms with E-state index in [4.69, 9.17) is 9.47 Å². The van der Waals surface area contributed by atoms with Gasteiger partial charge in [-0.05, 0) is 62.6 Å². The van der Waals surface area contributed by atoms with Gasteiger partial charge in [0, 0.05) is 36.9 Å². The Labute approximate surface area is 214 Å². The SMILES string of the molecule is Cc1nc(OCCCCCOc2ccc3c(c2)N=C[C@@H]2CC(O)CN2C3=O)cc(-c2ccc(F)cc2)n1. The lowest BCUT2D eigenvalue weighted by Crippen LogP contribution is -2.35. The number of nitrogens with zero attached hydrogens (tertiary/aromatic N) is 4. The molecule has 1 aromatic heterocycles. The van der Waals surface area contributed by atoms with Crippen LogP contribution in [0.1, 0.15) is 41.9 Å². The van der Waals surface area contributed by atoms with Crippen molar-refractivity contribution in [1.29, 1.82) is 0 Å². The van der Waals surface area contributed by atoms with Crippen molar-refractivity contribution in [2.45, 2.75) is 44.8 Å². The number of halogens is 1. The highest BCUT2D eigenvalue weighted by molar-refractivity contribution is 6.03. The normalized spacial score (nSPS) is 18.4. The molecule has 3 aromatic rings. The third-order valence-corrected chi connectivity index (χ3v) is 6.43. The minimum absolute atomic E-state index is 0.107. The summed E-state index contributed by atoms with van der Waals surface area (Å²) in [5, 5.41) is 9.87. The van der Waals surface area contributed by atoms with Crippen molar-refractivity contribution in [2.24, 2.45) is 4.99 Å². The Morgan fingerprint density at radius 1 is 1.03 bits per heavy atom. The molecular weight excluding hydrogens is 475 g/mol. The van der Waals surface area contributed by atoms with Gasteiger partial charge in [-0.15, -0.1) is 0 Å². The van der Waals surface area contributed by atoms with Crippen molar-refractivity contribution in [2.75, 3.05) is 19.8 Å². The van der Waals surface area contributed by atoms with Crippen LogP contribution in [0.25, 0.3) is 11.3 Å². The second-order valence-electron chi connectivity index (χ2n) is 9.27. The second-order valence-corrected chi connectivity index (χ2v) is 9.27. The van der Waals surface area contributed by atoms with Gasteiger partial charge in [0.1, 0.15) is 17.4 Å². The Hall–Kier alpha value is -3.85. The highest BCUT2D eigenvalue weighted by Gasteiger charge is 2.36. The highest BCUT2D eigenvalue weighted by atomic mass is 19.1. The first kappa shape index (κ1) is 24.8. The van der Waals surface area contributed by atoms with Gasteiger partial charge in [-0.1, -0.05) is 0 Å². The Balaban J connectivity index is 1.07. The van der Waals surface area contributed by atoms with Crippen LogP contribution in [0.3, 0.4) is 0 Å². The quantitative estimate of drug-likeness (QED) is 0.431. The van der Waals surface area contributed by atoms with E-state index in [9.17, 15) is 14.3 Å². The minimum Gasteiger partial charge on any atom is -0.494 e. The van der Waals surface area contributed by atoms with E-state index in [1.54, 1.807) is 54.4 Å². The largest absolute Gasteiger partial charge is 0.494 e. The average Bonchev–Trinajstić information content (AvgIpc) is 3.21. The zero-order chi connectivity index (χ0) is 25.8. The Bertz CT molecular complexity index is 1300. The van der Waals surface area contributed by atoms with Crippen LogP contribution < -0.4 is 9.47 Å². The number of aliphatic hydroxyl groups is 1. The number of amides is 1. The lowest BCUT2D eigenvalue weighted by Gasteiger charge is -2.19. The summed E-state index contributed by atoms with van der Waals surface area (Å²) in [7, 11) is 0. The van der Waals surface area contributed by atoms with Crippen molar-refractivity contribution in [3.8, 4) is 22.9 Å². The van der Waals surface area contributed by atoms with Crippen molar-refractivity contribution in [3.05, 3.63) is 65.7 Å². The van der Waals surface area contributed by atoms with E-state index in [1.807, 2.05) is 0 Å². The van der Waals surface area contributed by atoms with Crippen LogP contribution in [0.5, 0.6) is 11.6 Å². The van der Waals surface area contributed by atoms with Gasteiger partial charge >= 0.3 is 0 Å². The predicted molar refractivity (Wildman–Crippen MR) is 137 cm³/mol. The first-order valence-electron chi connectivity index (χ1n) is 12.5.